The van der Waals surface area contributed by atoms with Crippen molar-refractivity contribution in [1.29, 1.82) is 0 Å². The molecule has 0 fully saturated rings. The number of rotatable bonds is 4. The summed E-state index contributed by atoms with van der Waals surface area (Å²) < 4.78 is 101. The average Bonchev–Trinajstić information content (AvgIpc) is 2.68. The number of aromatic nitrogens is 1. The van der Waals surface area contributed by atoms with Crippen molar-refractivity contribution < 1.29 is 39.3 Å². The van der Waals surface area contributed by atoms with Gasteiger partial charge in [0.15, 0.2) is 0 Å². The summed E-state index contributed by atoms with van der Waals surface area (Å²) in [6, 6.07) is 3.20. The van der Waals surface area contributed by atoms with Crippen LogP contribution in [0.2, 0.25) is 5.02 Å². The zero-order valence-electron chi connectivity index (χ0n) is 13.6. The molecule has 0 aliphatic heterocycles. The highest BCUT2D eigenvalue weighted by Gasteiger charge is 2.31. The number of halogens is 6. The van der Waals surface area contributed by atoms with Gasteiger partial charge < -0.3 is 8.92 Å². The van der Waals surface area contributed by atoms with Gasteiger partial charge in [0.1, 0.15) is 9.92 Å². The van der Waals surface area contributed by atoms with Crippen LogP contribution >= 0.6 is 11.6 Å². The van der Waals surface area contributed by atoms with E-state index in [1.807, 2.05) is 0 Å². The lowest BCUT2D eigenvalue weighted by Gasteiger charge is -2.11. The van der Waals surface area contributed by atoms with Crippen molar-refractivity contribution in [2.24, 2.45) is 0 Å². The van der Waals surface area contributed by atoms with E-state index in [1.165, 1.54) is 19.4 Å². The fraction of sp³-hybridized carbons (Fsp3) is 0.0625. The molecular weight excluding hydrogens is 433 g/mol. The number of ether oxygens (including phenoxy) is 1. The topological polar surface area (TPSA) is 65.5 Å². The summed E-state index contributed by atoms with van der Waals surface area (Å²) in [4.78, 5) is 3.21. The number of benzene rings is 2. The Labute approximate surface area is 159 Å². The lowest BCUT2D eigenvalue weighted by molar-refractivity contribution is 0.346. The second-order valence-corrected chi connectivity index (χ2v) is 7.19. The molecule has 3 aromatic rings. The molecule has 0 radical (unpaired) electrons. The van der Waals surface area contributed by atoms with Gasteiger partial charge in [-0.05, 0) is 12.1 Å². The van der Waals surface area contributed by atoms with Crippen molar-refractivity contribution in [3.63, 3.8) is 0 Å². The summed E-state index contributed by atoms with van der Waals surface area (Å²) in [5.41, 5.74) is 0. The molecule has 2 aromatic carbocycles. The van der Waals surface area contributed by atoms with Crippen molar-refractivity contribution in [3.8, 4) is 11.6 Å². The van der Waals surface area contributed by atoms with Crippen LogP contribution < -0.4 is 8.92 Å². The monoisotopic (exact) mass is 439 g/mol. The Balaban J connectivity index is 2.10. The molecule has 3 rings (SSSR count). The van der Waals surface area contributed by atoms with Crippen molar-refractivity contribution in [2.75, 3.05) is 7.11 Å². The molecule has 1 aromatic heterocycles. The normalized spacial score (nSPS) is 11.7. The van der Waals surface area contributed by atoms with Gasteiger partial charge in [-0.2, -0.15) is 17.2 Å². The van der Waals surface area contributed by atoms with Crippen LogP contribution in [0.15, 0.2) is 29.3 Å². The summed E-state index contributed by atoms with van der Waals surface area (Å²) >= 11 is 6.04. The van der Waals surface area contributed by atoms with Crippen LogP contribution in [-0.2, 0) is 10.1 Å². The SMILES string of the molecule is COc1ncc2cc(S(=O)(=O)Oc3c(F)c(F)c(F)c(F)c3F)ccc2c1Cl. The van der Waals surface area contributed by atoms with Gasteiger partial charge in [0.2, 0.25) is 40.7 Å². The zero-order valence-corrected chi connectivity index (χ0v) is 15.1. The predicted octanol–water partition coefficient (Wildman–Crippen LogP) is 4.36. The number of pyridine rings is 1. The maximum Gasteiger partial charge on any atom is 0.339 e. The van der Waals surface area contributed by atoms with E-state index in [-0.39, 0.29) is 16.3 Å². The highest BCUT2D eigenvalue weighted by atomic mass is 35.5. The maximum atomic E-state index is 13.7. The summed E-state index contributed by atoms with van der Waals surface area (Å²) in [6.07, 6.45) is 1.21. The van der Waals surface area contributed by atoms with Crippen LogP contribution in [0.3, 0.4) is 0 Å². The Hall–Kier alpha value is -2.66. The third-order valence-corrected chi connectivity index (χ3v) is 5.20. The number of methoxy groups -OCH3 is 1. The third-order valence-electron chi connectivity index (χ3n) is 3.61. The van der Waals surface area contributed by atoms with E-state index in [0.29, 0.717) is 5.39 Å². The third kappa shape index (κ3) is 3.20. The first-order valence-corrected chi connectivity index (χ1v) is 8.95. The van der Waals surface area contributed by atoms with Crippen molar-refractivity contribution >= 4 is 32.5 Å². The Kier molecular flexibility index (Phi) is 5.06. The quantitative estimate of drug-likeness (QED) is 0.261. The summed E-state index contributed by atoms with van der Waals surface area (Å²) in [5.74, 6) is -13.8. The first kappa shape index (κ1) is 20.1. The first-order valence-electron chi connectivity index (χ1n) is 7.16. The highest BCUT2D eigenvalue weighted by molar-refractivity contribution is 7.87. The van der Waals surface area contributed by atoms with Crippen molar-refractivity contribution in [3.05, 3.63) is 58.5 Å². The number of fused-ring (bicyclic) bond motifs is 1. The number of hydrogen-bond donors (Lipinski definition) is 0. The van der Waals surface area contributed by atoms with Crippen LogP contribution in [0.4, 0.5) is 22.0 Å². The minimum Gasteiger partial charge on any atom is -0.480 e. The molecule has 0 saturated carbocycles. The van der Waals surface area contributed by atoms with Gasteiger partial charge in [-0.15, -0.1) is 0 Å². The Bertz CT molecular complexity index is 1190. The van der Waals surface area contributed by atoms with Crippen LogP contribution in [0, 0.1) is 29.1 Å². The molecule has 148 valence electrons. The summed E-state index contributed by atoms with van der Waals surface area (Å²) in [5, 5.41) is 0.598. The zero-order chi connectivity index (χ0) is 20.8. The van der Waals surface area contributed by atoms with E-state index >= 15 is 0 Å². The van der Waals surface area contributed by atoms with Crippen LogP contribution in [0.1, 0.15) is 0 Å². The molecule has 0 atom stereocenters. The van der Waals surface area contributed by atoms with E-state index < -0.39 is 49.8 Å². The Morgan fingerprint density at radius 1 is 0.964 bits per heavy atom. The molecule has 12 heteroatoms. The van der Waals surface area contributed by atoms with Crippen molar-refractivity contribution in [2.45, 2.75) is 4.90 Å². The van der Waals surface area contributed by atoms with E-state index in [0.717, 1.165) is 12.1 Å². The lowest BCUT2D eigenvalue weighted by atomic mass is 10.2. The Morgan fingerprint density at radius 2 is 1.54 bits per heavy atom. The van der Waals surface area contributed by atoms with Gasteiger partial charge in [-0.3, -0.25) is 0 Å². The van der Waals surface area contributed by atoms with Gasteiger partial charge in [0.05, 0.1) is 7.11 Å². The standard InChI is InChI=1S/C16H7ClF5NO4S/c1-26-16-9(17)8-3-2-7(4-6(8)5-23-16)28(24,25)27-15-13(21)11(19)10(18)12(20)14(15)22/h2-5H,1H3. The Morgan fingerprint density at radius 3 is 2.11 bits per heavy atom. The average molecular weight is 440 g/mol. The van der Waals surface area contributed by atoms with Gasteiger partial charge in [0, 0.05) is 17.0 Å². The molecule has 28 heavy (non-hydrogen) atoms. The molecule has 0 aliphatic carbocycles. The van der Waals surface area contributed by atoms with Crippen molar-refractivity contribution in [1.82, 2.24) is 4.98 Å². The van der Waals surface area contributed by atoms with E-state index in [4.69, 9.17) is 16.3 Å². The molecule has 5 nitrogen and oxygen atoms in total. The van der Waals surface area contributed by atoms with E-state index in [9.17, 15) is 30.4 Å². The van der Waals surface area contributed by atoms with Crippen LogP contribution in [-0.4, -0.2) is 20.5 Å². The van der Waals surface area contributed by atoms with Gasteiger partial charge in [-0.1, -0.05) is 17.7 Å². The highest BCUT2D eigenvalue weighted by Crippen LogP contribution is 2.34. The van der Waals surface area contributed by atoms with Gasteiger partial charge in [-0.25, -0.2) is 18.2 Å². The maximum absolute atomic E-state index is 13.7. The molecule has 0 saturated heterocycles. The van der Waals surface area contributed by atoms with Crippen LogP contribution in [0.5, 0.6) is 11.6 Å². The predicted molar refractivity (Wildman–Crippen MR) is 87.4 cm³/mol. The smallest absolute Gasteiger partial charge is 0.339 e. The molecular formula is C16H7ClF5NO4S. The van der Waals surface area contributed by atoms with Gasteiger partial charge in [0.25, 0.3) is 0 Å². The van der Waals surface area contributed by atoms with Crippen LogP contribution in [0.25, 0.3) is 10.8 Å². The summed E-state index contributed by atoms with van der Waals surface area (Å²) in [7, 11) is -3.65. The number of hydrogen-bond acceptors (Lipinski definition) is 5. The molecule has 0 bridgehead atoms. The fourth-order valence-corrected chi connectivity index (χ4v) is 3.53. The lowest BCUT2D eigenvalue weighted by Crippen LogP contribution is -2.14. The molecule has 0 N–H and O–H groups in total. The minimum absolute atomic E-state index is 0.0717. The van der Waals surface area contributed by atoms with Gasteiger partial charge >= 0.3 is 10.1 Å². The fourth-order valence-electron chi connectivity index (χ4n) is 2.26. The second kappa shape index (κ2) is 7.06. The molecule has 1 heterocycles. The largest absolute Gasteiger partial charge is 0.480 e. The summed E-state index contributed by atoms with van der Waals surface area (Å²) in [6.45, 7) is 0. The van der Waals surface area contributed by atoms with E-state index in [2.05, 4.69) is 9.17 Å². The number of nitrogens with zero attached hydrogens (tertiary/aromatic N) is 1. The second-order valence-electron chi connectivity index (χ2n) is 5.27. The van der Waals surface area contributed by atoms with E-state index in [1.54, 1.807) is 0 Å². The molecule has 0 spiro atoms. The first-order chi connectivity index (χ1) is 13.1. The molecule has 0 amide bonds. The molecule has 0 aliphatic rings. The minimum atomic E-state index is -4.96. The molecule has 0 unspecified atom stereocenters.